The first-order valence-electron chi connectivity index (χ1n) is 13.1. The molecular formula is C30H30FN5O4. The van der Waals surface area contributed by atoms with Crippen LogP contribution in [0.3, 0.4) is 0 Å². The molecule has 0 unspecified atom stereocenters. The van der Waals surface area contributed by atoms with Crippen LogP contribution in [0.1, 0.15) is 58.8 Å². The van der Waals surface area contributed by atoms with Gasteiger partial charge in [-0.1, -0.05) is 12.1 Å². The molecule has 0 radical (unpaired) electrons. The number of hydrogen-bond donors (Lipinski definition) is 1. The standard InChI is InChI=1S/C30H30FN5O4/c1-35(30-34-28-25(36(30)2)14-21(29(37)38)15-26(28)39-3)22-11-9-19(10-12-22)24-5-4-6-27(33-24)40-17-20-8-7-18(16-32)13-23(20)31/h4-8,13-15,19,22H,9-12,17H2,1-3H3,(H,37,38). The largest absolute Gasteiger partial charge is 0.494 e. The molecule has 9 nitrogen and oxygen atoms in total. The fourth-order valence-corrected chi connectivity index (χ4v) is 5.38. The lowest BCUT2D eigenvalue weighted by Gasteiger charge is -2.35. The first-order chi connectivity index (χ1) is 19.3. The monoisotopic (exact) mass is 543 g/mol. The molecule has 1 N–H and O–H groups in total. The van der Waals surface area contributed by atoms with Crippen molar-refractivity contribution >= 4 is 23.0 Å². The number of rotatable bonds is 8. The number of carboxylic acids is 1. The van der Waals surface area contributed by atoms with E-state index in [0.717, 1.165) is 37.3 Å². The van der Waals surface area contributed by atoms with E-state index in [1.807, 2.05) is 36.9 Å². The molecule has 10 heteroatoms. The lowest BCUT2D eigenvalue weighted by molar-refractivity contribution is 0.0696. The lowest BCUT2D eigenvalue weighted by Crippen LogP contribution is -2.36. The van der Waals surface area contributed by atoms with Gasteiger partial charge in [0.1, 0.15) is 23.7 Å². The number of aromatic nitrogens is 3. The number of nitriles is 1. The Balaban J connectivity index is 1.25. The summed E-state index contributed by atoms with van der Waals surface area (Å²) in [5.74, 6) is 0.415. The van der Waals surface area contributed by atoms with Crippen LogP contribution in [0, 0.1) is 17.1 Å². The number of carboxylic acid groups (broad SMARTS) is 1. The van der Waals surface area contributed by atoms with Gasteiger partial charge in [0.15, 0.2) is 0 Å². The van der Waals surface area contributed by atoms with Crippen molar-refractivity contribution in [3.05, 3.63) is 76.7 Å². The van der Waals surface area contributed by atoms with Gasteiger partial charge in [-0.3, -0.25) is 0 Å². The maximum absolute atomic E-state index is 14.2. The quantitative estimate of drug-likeness (QED) is 0.313. The Hall–Kier alpha value is -4.65. The Morgan fingerprint density at radius 3 is 2.62 bits per heavy atom. The Morgan fingerprint density at radius 2 is 1.95 bits per heavy atom. The molecule has 0 amide bonds. The van der Waals surface area contributed by atoms with Crippen molar-refractivity contribution in [2.24, 2.45) is 7.05 Å². The topological polar surface area (TPSA) is 114 Å². The third-order valence-electron chi connectivity index (χ3n) is 7.68. The van der Waals surface area contributed by atoms with E-state index in [-0.39, 0.29) is 29.7 Å². The highest BCUT2D eigenvalue weighted by atomic mass is 19.1. The number of carbonyl (C=O) groups is 1. The molecule has 2 aromatic heterocycles. The van der Waals surface area contributed by atoms with Crippen LogP contribution in [0.25, 0.3) is 11.0 Å². The minimum Gasteiger partial charge on any atom is -0.494 e. The van der Waals surface area contributed by atoms with Gasteiger partial charge < -0.3 is 24.0 Å². The van der Waals surface area contributed by atoms with E-state index in [1.54, 1.807) is 24.3 Å². The lowest BCUT2D eigenvalue weighted by atomic mass is 9.83. The number of fused-ring (bicyclic) bond motifs is 1. The van der Waals surface area contributed by atoms with Crippen LogP contribution in [-0.4, -0.2) is 45.8 Å². The van der Waals surface area contributed by atoms with Crippen molar-refractivity contribution in [1.82, 2.24) is 14.5 Å². The average Bonchev–Trinajstić information content (AvgIpc) is 3.31. The number of halogens is 1. The van der Waals surface area contributed by atoms with Crippen LogP contribution in [0.15, 0.2) is 48.5 Å². The normalized spacial score (nSPS) is 16.9. The molecule has 1 aliphatic rings. The van der Waals surface area contributed by atoms with E-state index in [4.69, 9.17) is 24.7 Å². The summed E-state index contributed by atoms with van der Waals surface area (Å²) in [5.41, 5.74) is 3.08. The third-order valence-corrected chi connectivity index (χ3v) is 7.68. The molecule has 0 atom stereocenters. The molecule has 0 bridgehead atoms. The average molecular weight is 544 g/mol. The molecule has 40 heavy (non-hydrogen) atoms. The van der Waals surface area contributed by atoms with E-state index < -0.39 is 11.8 Å². The van der Waals surface area contributed by atoms with Gasteiger partial charge >= 0.3 is 5.97 Å². The van der Waals surface area contributed by atoms with Gasteiger partial charge in [-0.05, 0) is 56.0 Å². The van der Waals surface area contributed by atoms with Gasteiger partial charge in [-0.2, -0.15) is 5.26 Å². The van der Waals surface area contributed by atoms with Crippen molar-refractivity contribution < 1.29 is 23.8 Å². The predicted molar refractivity (Wildman–Crippen MR) is 147 cm³/mol. The zero-order valence-electron chi connectivity index (χ0n) is 22.6. The maximum atomic E-state index is 14.2. The van der Waals surface area contributed by atoms with Crippen LogP contribution < -0.4 is 14.4 Å². The van der Waals surface area contributed by atoms with Crippen molar-refractivity contribution in [1.29, 1.82) is 5.26 Å². The summed E-state index contributed by atoms with van der Waals surface area (Å²) in [6.07, 6.45) is 3.74. The number of aryl methyl sites for hydroxylation is 1. The highest BCUT2D eigenvalue weighted by Gasteiger charge is 2.29. The van der Waals surface area contributed by atoms with E-state index >= 15 is 0 Å². The minimum absolute atomic E-state index is 0.0301. The summed E-state index contributed by atoms with van der Waals surface area (Å²) in [7, 11) is 5.42. The fourth-order valence-electron chi connectivity index (χ4n) is 5.38. The molecular weight excluding hydrogens is 513 g/mol. The van der Waals surface area contributed by atoms with Gasteiger partial charge in [0, 0.05) is 43.4 Å². The van der Waals surface area contributed by atoms with Crippen molar-refractivity contribution in [2.45, 2.75) is 44.2 Å². The third kappa shape index (κ3) is 5.27. The molecule has 5 rings (SSSR count). The minimum atomic E-state index is -1.01. The number of hydrogen-bond acceptors (Lipinski definition) is 7. The molecule has 1 fully saturated rings. The Kier molecular flexibility index (Phi) is 7.56. The molecule has 2 aromatic carbocycles. The van der Waals surface area contributed by atoms with Gasteiger partial charge in [-0.15, -0.1) is 0 Å². The van der Waals surface area contributed by atoms with Crippen molar-refractivity contribution in [3.63, 3.8) is 0 Å². The molecule has 4 aromatic rings. The van der Waals surface area contributed by atoms with E-state index in [0.29, 0.717) is 28.2 Å². The van der Waals surface area contributed by atoms with Crippen molar-refractivity contribution in [2.75, 3.05) is 19.1 Å². The maximum Gasteiger partial charge on any atom is 0.335 e. The second-order valence-corrected chi connectivity index (χ2v) is 10.0. The zero-order chi connectivity index (χ0) is 28.4. The second kappa shape index (κ2) is 11.2. The first kappa shape index (κ1) is 26.9. The summed E-state index contributed by atoms with van der Waals surface area (Å²) in [6.45, 7) is 0.0301. The summed E-state index contributed by atoms with van der Waals surface area (Å²) in [6, 6.07) is 15.3. The molecule has 0 saturated heterocycles. The van der Waals surface area contributed by atoms with Gasteiger partial charge in [0.05, 0.1) is 29.8 Å². The first-order valence-corrected chi connectivity index (χ1v) is 13.1. The highest BCUT2D eigenvalue weighted by Crippen LogP contribution is 2.37. The van der Waals surface area contributed by atoms with Gasteiger partial charge in [-0.25, -0.2) is 19.2 Å². The van der Waals surface area contributed by atoms with Gasteiger partial charge in [0.25, 0.3) is 0 Å². The highest BCUT2D eigenvalue weighted by molar-refractivity contribution is 5.96. The van der Waals surface area contributed by atoms with Crippen LogP contribution in [0.2, 0.25) is 0 Å². The zero-order valence-corrected chi connectivity index (χ0v) is 22.6. The summed E-state index contributed by atoms with van der Waals surface area (Å²) < 4.78 is 27.3. The Morgan fingerprint density at radius 1 is 1.18 bits per heavy atom. The number of aromatic carboxylic acids is 1. The molecule has 0 aliphatic heterocycles. The molecule has 1 aliphatic carbocycles. The number of benzene rings is 2. The number of nitrogens with zero attached hydrogens (tertiary/aromatic N) is 5. The fraction of sp³-hybridized carbons (Fsp3) is 0.333. The predicted octanol–water partition coefficient (Wildman–Crippen LogP) is 5.43. The van der Waals surface area contributed by atoms with E-state index in [9.17, 15) is 14.3 Å². The molecule has 1 saturated carbocycles. The second-order valence-electron chi connectivity index (χ2n) is 10.0. The Labute approximate surface area is 231 Å². The molecule has 206 valence electrons. The van der Waals surface area contributed by atoms with Crippen LogP contribution in [0.4, 0.5) is 10.3 Å². The number of pyridine rings is 1. The van der Waals surface area contributed by atoms with Crippen LogP contribution in [-0.2, 0) is 13.7 Å². The van der Waals surface area contributed by atoms with Crippen molar-refractivity contribution in [3.8, 4) is 17.7 Å². The van der Waals surface area contributed by atoms with Crippen LogP contribution in [0.5, 0.6) is 11.6 Å². The number of ether oxygens (including phenoxy) is 2. The van der Waals surface area contributed by atoms with Gasteiger partial charge in [0.2, 0.25) is 11.8 Å². The smallest absolute Gasteiger partial charge is 0.335 e. The molecule has 2 heterocycles. The number of anilines is 1. The Bertz CT molecular complexity index is 1600. The summed E-state index contributed by atoms with van der Waals surface area (Å²) in [4.78, 5) is 23.3. The van der Waals surface area contributed by atoms with E-state index in [2.05, 4.69) is 4.90 Å². The number of imidazole rings is 1. The molecule has 0 spiro atoms. The summed E-state index contributed by atoms with van der Waals surface area (Å²) in [5, 5.41) is 18.4. The SMILES string of the molecule is COc1cc(C(=O)O)cc2c1nc(N(C)C1CCC(c3cccc(OCc4ccc(C#N)cc4F)n3)CC1)n2C. The number of methoxy groups -OCH3 is 1. The van der Waals surface area contributed by atoms with E-state index in [1.165, 1.54) is 19.2 Å². The summed E-state index contributed by atoms with van der Waals surface area (Å²) >= 11 is 0. The van der Waals surface area contributed by atoms with Crippen LogP contribution >= 0.6 is 0 Å².